The lowest BCUT2D eigenvalue weighted by Crippen LogP contribution is -2.37. The molecule has 1 saturated heterocycles. The first-order valence-corrected chi connectivity index (χ1v) is 7.96. The molecule has 0 saturated carbocycles. The van der Waals surface area contributed by atoms with Gasteiger partial charge in [-0.25, -0.2) is 0 Å². The van der Waals surface area contributed by atoms with Crippen molar-refractivity contribution in [1.29, 1.82) is 0 Å². The molecule has 1 fully saturated rings. The standard InChI is InChI=1S/C18H17ClN2O3/c1-24-14-8-6-13(7-9-14)21-11-12(10-17(21)22)20-18(23)15-4-2-3-5-16(15)19/h2-9,12H,10-11H2,1H3,(H,20,23)/t12-/m1/s1. The van der Waals surface area contributed by atoms with Crippen LogP contribution in [-0.4, -0.2) is 31.5 Å². The van der Waals surface area contributed by atoms with E-state index in [9.17, 15) is 9.59 Å². The van der Waals surface area contributed by atoms with Crippen LogP contribution in [0, 0.1) is 0 Å². The van der Waals surface area contributed by atoms with Gasteiger partial charge in [-0.3, -0.25) is 9.59 Å². The monoisotopic (exact) mass is 344 g/mol. The van der Waals surface area contributed by atoms with Crippen LogP contribution in [0.3, 0.4) is 0 Å². The summed E-state index contributed by atoms with van der Waals surface area (Å²) in [5, 5.41) is 3.27. The van der Waals surface area contributed by atoms with E-state index in [0.717, 1.165) is 11.4 Å². The molecule has 6 heteroatoms. The highest BCUT2D eigenvalue weighted by molar-refractivity contribution is 6.33. The summed E-state index contributed by atoms with van der Waals surface area (Å²) < 4.78 is 5.12. The third-order valence-corrected chi connectivity index (χ3v) is 4.29. The van der Waals surface area contributed by atoms with E-state index in [-0.39, 0.29) is 24.3 Å². The summed E-state index contributed by atoms with van der Waals surface area (Å²) in [6.45, 7) is 0.432. The number of amides is 2. The number of rotatable bonds is 4. The quantitative estimate of drug-likeness (QED) is 0.927. The predicted octanol–water partition coefficient (Wildman–Crippen LogP) is 2.88. The molecule has 2 aromatic rings. The van der Waals surface area contributed by atoms with Crippen LogP contribution in [0.2, 0.25) is 5.02 Å². The Kier molecular flexibility index (Phi) is 4.71. The van der Waals surface area contributed by atoms with E-state index in [1.54, 1.807) is 48.4 Å². The van der Waals surface area contributed by atoms with Gasteiger partial charge in [-0.15, -0.1) is 0 Å². The Bertz CT molecular complexity index is 761. The maximum absolute atomic E-state index is 12.3. The van der Waals surface area contributed by atoms with Crippen molar-refractivity contribution in [2.75, 3.05) is 18.6 Å². The van der Waals surface area contributed by atoms with Crippen LogP contribution in [-0.2, 0) is 4.79 Å². The van der Waals surface area contributed by atoms with Gasteiger partial charge in [0.05, 0.1) is 23.7 Å². The highest BCUT2D eigenvalue weighted by atomic mass is 35.5. The zero-order chi connectivity index (χ0) is 17.1. The molecule has 0 aliphatic carbocycles. The Balaban J connectivity index is 1.68. The molecule has 1 aliphatic rings. The molecule has 0 aromatic heterocycles. The van der Waals surface area contributed by atoms with Gasteiger partial charge in [0.2, 0.25) is 5.91 Å². The summed E-state index contributed by atoms with van der Waals surface area (Å²) in [6.07, 6.45) is 0.266. The van der Waals surface area contributed by atoms with E-state index in [4.69, 9.17) is 16.3 Å². The zero-order valence-electron chi connectivity index (χ0n) is 13.2. The second-order valence-electron chi connectivity index (χ2n) is 5.56. The van der Waals surface area contributed by atoms with E-state index < -0.39 is 0 Å². The number of nitrogens with zero attached hydrogens (tertiary/aromatic N) is 1. The molecule has 1 aliphatic heterocycles. The average Bonchev–Trinajstić information content (AvgIpc) is 2.95. The third-order valence-electron chi connectivity index (χ3n) is 3.96. The lowest BCUT2D eigenvalue weighted by molar-refractivity contribution is -0.117. The van der Waals surface area contributed by atoms with Gasteiger partial charge in [-0.1, -0.05) is 23.7 Å². The van der Waals surface area contributed by atoms with Gasteiger partial charge in [0.1, 0.15) is 5.75 Å². The largest absolute Gasteiger partial charge is 0.497 e. The molecule has 0 radical (unpaired) electrons. The number of ether oxygens (including phenoxy) is 1. The molecule has 0 spiro atoms. The summed E-state index contributed by atoms with van der Waals surface area (Å²) in [5.41, 5.74) is 1.20. The van der Waals surface area contributed by atoms with E-state index in [2.05, 4.69) is 5.32 Å². The van der Waals surface area contributed by atoms with Crippen LogP contribution < -0.4 is 15.0 Å². The van der Waals surface area contributed by atoms with Crippen molar-refractivity contribution >= 4 is 29.1 Å². The SMILES string of the molecule is COc1ccc(N2C[C@H](NC(=O)c3ccccc3Cl)CC2=O)cc1. The summed E-state index contributed by atoms with van der Waals surface area (Å²) in [4.78, 5) is 26.2. The molecule has 124 valence electrons. The number of halogens is 1. The van der Waals surface area contributed by atoms with Crippen molar-refractivity contribution in [1.82, 2.24) is 5.32 Å². The van der Waals surface area contributed by atoms with Crippen molar-refractivity contribution in [3.63, 3.8) is 0 Å². The van der Waals surface area contributed by atoms with E-state index >= 15 is 0 Å². The Morgan fingerprint density at radius 1 is 1.21 bits per heavy atom. The molecule has 5 nitrogen and oxygen atoms in total. The number of nitrogens with one attached hydrogen (secondary N) is 1. The number of carbonyl (C=O) groups is 2. The minimum atomic E-state index is -0.269. The minimum absolute atomic E-state index is 0.0235. The van der Waals surface area contributed by atoms with Gasteiger partial charge >= 0.3 is 0 Å². The van der Waals surface area contributed by atoms with Crippen molar-refractivity contribution in [3.05, 3.63) is 59.1 Å². The summed E-state index contributed by atoms with van der Waals surface area (Å²) in [7, 11) is 1.59. The number of hydrogen-bond acceptors (Lipinski definition) is 3. The summed E-state index contributed by atoms with van der Waals surface area (Å²) in [5.74, 6) is 0.438. The third kappa shape index (κ3) is 3.36. The zero-order valence-corrected chi connectivity index (χ0v) is 13.9. The smallest absolute Gasteiger partial charge is 0.253 e. The molecule has 1 atom stereocenters. The van der Waals surface area contributed by atoms with Gasteiger partial charge in [-0.2, -0.15) is 0 Å². The maximum Gasteiger partial charge on any atom is 0.253 e. The van der Waals surface area contributed by atoms with Crippen molar-refractivity contribution < 1.29 is 14.3 Å². The molecule has 1 N–H and O–H groups in total. The lowest BCUT2D eigenvalue weighted by Gasteiger charge is -2.17. The van der Waals surface area contributed by atoms with Gasteiger partial charge in [-0.05, 0) is 36.4 Å². The van der Waals surface area contributed by atoms with E-state index in [1.807, 2.05) is 12.1 Å². The molecular weight excluding hydrogens is 328 g/mol. The lowest BCUT2D eigenvalue weighted by atomic mass is 10.2. The van der Waals surface area contributed by atoms with Crippen molar-refractivity contribution in [3.8, 4) is 5.75 Å². The fourth-order valence-corrected chi connectivity index (χ4v) is 2.95. The van der Waals surface area contributed by atoms with Gasteiger partial charge < -0.3 is 15.0 Å². The second-order valence-corrected chi connectivity index (χ2v) is 5.96. The van der Waals surface area contributed by atoms with Gasteiger partial charge in [0, 0.05) is 18.7 Å². The van der Waals surface area contributed by atoms with Crippen molar-refractivity contribution in [2.24, 2.45) is 0 Å². The molecule has 24 heavy (non-hydrogen) atoms. The predicted molar refractivity (Wildman–Crippen MR) is 92.7 cm³/mol. The summed E-state index contributed by atoms with van der Waals surface area (Å²) in [6, 6.07) is 13.9. The fraction of sp³-hybridized carbons (Fsp3) is 0.222. The molecule has 0 unspecified atom stereocenters. The van der Waals surface area contributed by atoms with Crippen LogP contribution in [0.1, 0.15) is 16.8 Å². The normalized spacial score (nSPS) is 17.0. The molecule has 3 rings (SSSR count). The van der Waals surface area contributed by atoms with Crippen LogP contribution in [0.25, 0.3) is 0 Å². The molecule has 1 heterocycles. The minimum Gasteiger partial charge on any atom is -0.497 e. The highest BCUT2D eigenvalue weighted by Gasteiger charge is 2.32. The Morgan fingerprint density at radius 3 is 2.58 bits per heavy atom. The van der Waals surface area contributed by atoms with E-state index in [0.29, 0.717) is 17.1 Å². The average molecular weight is 345 g/mol. The highest BCUT2D eigenvalue weighted by Crippen LogP contribution is 2.24. The van der Waals surface area contributed by atoms with Crippen LogP contribution in [0.4, 0.5) is 5.69 Å². The van der Waals surface area contributed by atoms with Gasteiger partial charge in [0.15, 0.2) is 0 Å². The first kappa shape index (κ1) is 16.3. The maximum atomic E-state index is 12.3. The first-order valence-electron chi connectivity index (χ1n) is 7.58. The van der Waals surface area contributed by atoms with Crippen LogP contribution >= 0.6 is 11.6 Å². The topological polar surface area (TPSA) is 58.6 Å². The van der Waals surface area contributed by atoms with E-state index in [1.165, 1.54) is 0 Å². The molecule has 0 bridgehead atoms. The Morgan fingerprint density at radius 2 is 1.92 bits per heavy atom. The fourth-order valence-electron chi connectivity index (χ4n) is 2.72. The number of anilines is 1. The second kappa shape index (κ2) is 6.93. The number of hydrogen-bond donors (Lipinski definition) is 1. The number of methoxy groups -OCH3 is 1. The molecule has 2 amide bonds. The molecular formula is C18H17ClN2O3. The molecule has 2 aromatic carbocycles. The van der Waals surface area contributed by atoms with Crippen LogP contribution in [0.5, 0.6) is 5.75 Å². The number of benzene rings is 2. The Hall–Kier alpha value is -2.53. The Labute approximate surface area is 145 Å². The summed E-state index contributed by atoms with van der Waals surface area (Å²) >= 11 is 6.04. The van der Waals surface area contributed by atoms with Gasteiger partial charge in [0.25, 0.3) is 5.91 Å². The van der Waals surface area contributed by atoms with Crippen molar-refractivity contribution in [2.45, 2.75) is 12.5 Å². The van der Waals surface area contributed by atoms with Crippen LogP contribution in [0.15, 0.2) is 48.5 Å². The first-order chi connectivity index (χ1) is 11.6. The number of carbonyl (C=O) groups excluding carboxylic acids is 2.